The van der Waals surface area contributed by atoms with Gasteiger partial charge in [-0.1, -0.05) is 11.6 Å². The van der Waals surface area contributed by atoms with Crippen LogP contribution in [0, 0.1) is 6.92 Å². The number of carbonyl (C=O) groups is 2. The number of rotatable bonds is 4. The lowest BCUT2D eigenvalue weighted by atomic mass is 10.0. The number of aromatic amines is 1. The molecule has 0 saturated carbocycles. The SMILES string of the molecule is CC(=O)N[C@@H](Cc1c[nH]c2ccc(C)cc12)C(=O)[O-]. The molecule has 0 spiro atoms. The zero-order valence-corrected chi connectivity index (χ0v) is 10.8. The van der Waals surface area contributed by atoms with Crippen molar-refractivity contribution in [3.8, 4) is 0 Å². The molecule has 0 fully saturated rings. The van der Waals surface area contributed by atoms with Gasteiger partial charge in [0, 0.05) is 30.4 Å². The van der Waals surface area contributed by atoms with Gasteiger partial charge in [0.05, 0.1) is 12.0 Å². The van der Waals surface area contributed by atoms with E-state index in [1.54, 1.807) is 6.20 Å². The summed E-state index contributed by atoms with van der Waals surface area (Å²) in [6.07, 6.45) is 1.97. The second-order valence-corrected chi connectivity index (χ2v) is 4.64. The van der Waals surface area contributed by atoms with Crippen molar-refractivity contribution in [2.45, 2.75) is 26.3 Å². The van der Waals surface area contributed by atoms with Crippen LogP contribution < -0.4 is 10.4 Å². The molecule has 5 heteroatoms. The topological polar surface area (TPSA) is 85.0 Å². The Hall–Kier alpha value is -2.30. The number of carbonyl (C=O) groups excluding carboxylic acids is 2. The molecule has 0 aliphatic rings. The molecule has 5 nitrogen and oxygen atoms in total. The lowest BCUT2D eigenvalue weighted by molar-refractivity contribution is -0.308. The van der Waals surface area contributed by atoms with E-state index in [0.29, 0.717) is 0 Å². The van der Waals surface area contributed by atoms with Crippen LogP contribution in [-0.4, -0.2) is 22.9 Å². The van der Waals surface area contributed by atoms with Crippen LogP contribution in [0.5, 0.6) is 0 Å². The van der Waals surface area contributed by atoms with Crippen LogP contribution in [0.1, 0.15) is 18.1 Å². The highest BCUT2D eigenvalue weighted by Crippen LogP contribution is 2.20. The quantitative estimate of drug-likeness (QED) is 0.826. The van der Waals surface area contributed by atoms with E-state index in [4.69, 9.17) is 0 Å². The standard InChI is InChI=1S/C14H16N2O3/c1-8-3-4-12-11(5-8)10(7-15-12)6-13(14(18)19)16-9(2)17/h3-5,7,13,15H,6H2,1-2H3,(H,16,17)(H,18,19)/p-1/t13-/m0/s1. The van der Waals surface area contributed by atoms with E-state index >= 15 is 0 Å². The van der Waals surface area contributed by atoms with Crippen molar-refractivity contribution < 1.29 is 14.7 Å². The first-order chi connectivity index (χ1) is 8.97. The Morgan fingerprint density at radius 3 is 2.79 bits per heavy atom. The molecule has 100 valence electrons. The van der Waals surface area contributed by atoms with Gasteiger partial charge in [0.25, 0.3) is 0 Å². The lowest BCUT2D eigenvalue weighted by Crippen LogP contribution is -2.48. The van der Waals surface area contributed by atoms with E-state index in [9.17, 15) is 14.7 Å². The molecule has 0 aliphatic carbocycles. The van der Waals surface area contributed by atoms with Gasteiger partial charge in [-0.05, 0) is 24.6 Å². The molecule has 0 bridgehead atoms. The van der Waals surface area contributed by atoms with Gasteiger partial charge < -0.3 is 20.2 Å². The van der Waals surface area contributed by atoms with Crippen LogP contribution >= 0.6 is 0 Å². The normalized spacial score (nSPS) is 12.3. The molecule has 2 rings (SSSR count). The van der Waals surface area contributed by atoms with E-state index in [0.717, 1.165) is 22.0 Å². The van der Waals surface area contributed by atoms with Crippen LogP contribution in [0.3, 0.4) is 0 Å². The number of carboxylic acids is 1. The second-order valence-electron chi connectivity index (χ2n) is 4.64. The summed E-state index contributed by atoms with van der Waals surface area (Å²) < 4.78 is 0. The number of fused-ring (bicyclic) bond motifs is 1. The fourth-order valence-electron chi connectivity index (χ4n) is 2.12. The number of aryl methyl sites for hydroxylation is 1. The van der Waals surface area contributed by atoms with Crippen molar-refractivity contribution in [1.82, 2.24) is 10.3 Å². The Balaban J connectivity index is 2.31. The van der Waals surface area contributed by atoms with Gasteiger partial charge in [-0.3, -0.25) is 4.79 Å². The first-order valence-corrected chi connectivity index (χ1v) is 6.02. The van der Waals surface area contributed by atoms with Crippen molar-refractivity contribution in [3.63, 3.8) is 0 Å². The number of nitrogens with one attached hydrogen (secondary N) is 2. The largest absolute Gasteiger partial charge is 0.548 e. The number of hydrogen-bond acceptors (Lipinski definition) is 3. The highest BCUT2D eigenvalue weighted by molar-refractivity contribution is 5.86. The van der Waals surface area contributed by atoms with Crippen molar-refractivity contribution >= 4 is 22.8 Å². The molecule has 1 amide bonds. The van der Waals surface area contributed by atoms with Crippen LogP contribution in [0.4, 0.5) is 0 Å². The Labute approximate surface area is 110 Å². The number of H-pyrrole nitrogens is 1. The third kappa shape index (κ3) is 2.93. The summed E-state index contributed by atoms with van der Waals surface area (Å²) in [6.45, 7) is 3.26. The van der Waals surface area contributed by atoms with Gasteiger partial charge in [0.15, 0.2) is 0 Å². The molecule has 0 radical (unpaired) electrons. The van der Waals surface area contributed by atoms with Crippen LogP contribution in [0.25, 0.3) is 10.9 Å². The third-order valence-corrected chi connectivity index (χ3v) is 3.01. The maximum atomic E-state index is 11.0. The Morgan fingerprint density at radius 1 is 1.42 bits per heavy atom. The molecule has 2 aromatic rings. The molecule has 0 aliphatic heterocycles. The lowest BCUT2D eigenvalue weighted by Gasteiger charge is -2.18. The summed E-state index contributed by atoms with van der Waals surface area (Å²) in [6, 6.07) is 4.89. The van der Waals surface area contributed by atoms with Gasteiger partial charge in [-0.25, -0.2) is 0 Å². The minimum Gasteiger partial charge on any atom is -0.548 e. The molecule has 1 aromatic carbocycles. The van der Waals surface area contributed by atoms with Crippen molar-refractivity contribution in [3.05, 3.63) is 35.5 Å². The minimum atomic E-state index is -1.28. The second kappa shape index (κ2) is 5.14. The highest BCUT2D eigenvalue weighted by atomic mass is 16.4. The summed E-state index contributed by atoms with van der Waals surface area (Å²) in [5, 5.41) is 14.4. The average Bonchev–Trinajstić information content (AvgIpc) is 2.70. The summed E-state index contributed by atoms with van der Waals surface area (Å²) in [4.78, 5) is 25.1. The molecule has 0 saturated heterocycles. The van der Waals surface area contributed by atoms with Crippen LogP contribution in [0.15, 0.2) is 24.4 Å². The van der Waals surface area contributed by atoms with E-state index in [1.165, 1.54) is 6.92 Å². The summed E-state index contributed by atoms with van der Waals surface area (Å²) in [5.74, 6) is -1.66. The molecular weight excluding hydrogens is 244 g/mol. The monoisotopic (exact) mass is 259 g/mol. The number of amides is 1. The Kier molecular flexibility index (Phi) is 3.55. The predicted octanol–water partition coefficient (Wildman–Crippen LogP) is 0.273. The Bertz CT molecular complexity index is 631. The van der Waals surface area contributed by atoms with Crippen molar-refractivity contribution in [1.29, 1.82) is 0 Å². The minimum absolute atomic E-state index is 0.200. The first kappa shape index (κ1) is 13.1. The number of aromatic nitrogens is 1. The van der Waals surface area contributed by atoms with Crippen LogP contribution in [-0.2, 0) is 16.0 Å². The number of aliphatic carboxylic acids is 1. The average molecular weight is 259 g/mol. The fraction of sp³-hybridized carbons (Fsp3) is 0.286. The van der Waals surface area contributed by atoms with Crippen LogP contribution in [0.2, 0.25) is 0 Å². The maximum Gasteiger partial charge on any atom is 0.217 e. The van der Waals surface area contributed by atoms with E-state index < -0.39 is 12.0 Å². The smallest absolute Gasteiger partial charge is 0.217 e. The predicted molar refractivity (Wildman–Crippen MR) is 69.4 cm³/mol. The fourth-order valence-corrected chi connectivity index (χ4v) is 2.12. The molecule has 1 atom stereocenters. The summed E-state index contributed by atoms with van der Waals surface area (Å²) in [7, 11) is 0. The number of carboxylic acid groups (broad SMARTS) is 1. The van der Waals surface area contributed by atoms with Crippen molar-refractivity contribution in [2.75, 3.05) is 0 Å². The van der Waals surface area contributed by atoms with Gasteiger partial charge in [-0.15, -0.1) is 0 Å². The third-order valence-electron chi connectivity index (χ3n) is 3.01. The molecule has 1 aromatic heterocycles. The van der Waals surface area contributed by atoms with Gasteiger partial charge in [0.2, 0.25) is 5.91 Å². The molecule has 0 unspecified atom stereocenters. The Morgan fingerprint density at radius 2 is 2.16 bits per heavy atom. The van der Waals surface area contributed by atoms with E-state index in [2.05, 4.69) is 10.3 Å². The highest BCUT2D eigenvalue weighted by Gasteiger charge is 2.14. The first-order valence-electron chi connectivity index (χ1n) is 6.02. The number of benzene rings is 1. The molecule has 2 N–H and O–H groups in total. The number of hydrogen-bond donors (Lipinski definition) is 2. The van der Waals surface area contributed by atoms with Gasteiger partial charge in [0.1, 0.15) is 0 Å². The zero-order chi connectivity index (χ0) is 14.0. The molecule has 19 heavy (non-hydrogen) atoms. The summed E-state index contributed by atoms with van der Waals surface area (Å²) >= 11 is 0. The van der Waals surface area contributed by atoms with Crippen molar-refractivity contribution in [2.24, 2.45) is 0 Å². The molecule has 1 heterocycles. The van der Waals surface area contributed by atoms with Gasteiger partial charge >= 0.3 is 0 Å². The maximum absolute atomic E-state index is 11.0. The molecular formula is C14H15N2O3-. The summed E-state index contributed by atoms with van der Waals surface area (Å²) in [5.41, 5.74) is 2.89. The zero-order valence-electron chi connectivity index (χ0n) is 10.8. The van der Waals surface area contributed by atoms with E-state index in [1.807, 2.05) is 25.1 Å². The van der Waals surface area contributed by atoms with E-state index in [-0.39, 0.29) is 12.3 Å². The van der Waals surface area contributed by atoms with Gasteiger partial charge in [-0.2, -0.15) is 0 Å².